The molecule has 17 heavy (non-hydrogen) atoms. The van der Waals surface area contributed by atoms with Crippen LogP contribution in [0.25, 0.3) is 0 Å². The van der Waals surface area contributed by atoms with Gasteiger partial charge in [-0.2, -0.15) is 0 Å². The van der Waals surface area contributed by atoms with Crippen molar-refractivity contribution < 1.29 is 4.42 Å². The predicted molar refractivity (Wildman–Crippen MR) is 77.9 cm³/mol. The van der Waals surface area contributed by atoms with E-state index in [1.54, 1.807) is 0 Å². The topological polar surface area (TPSA) is 25.2 Å². The molecule has 1 aromatic heterocycles. The first-order valence-corrected chi connectivity index (χ1v) is 6.83. The lowest BCUT2D eigenvalue weighted by Crippen LogP contribution is -2.27. The molecule has 1 unspecified atom stereocenters. The van der Waals surface area contributed by atoms with Gasteiger partial charge in [-0.05, 0) is 53.6 Å². The van der Waals surface area contributed by atoms with Crippen LogP contribution in [0.3, 0.4) is 0 Å². The van der Waals surface area contributed by atoms with E-state index in [9.17, 15) is 0 Å². The van der Waals surface area contributed by atoms with Gasteiger partial charge in [-0.1, -0.05) is 30.3 Å². The highest BCUT2D eigenvalue weighted by Gasteiger charge is 2.04. The Bertz CT molecular complexity index is 452. The highest BCUT2D eigenvalue weighted by Crippen LogP contribution is 2.10. The Kier molecular flexibility index (Phi) is 4.62. The highest BCUT2D eigenvalue weighted by atomic mass is 127. The highest BCUT2D eigenvalue weighted by molar-refractivity contribution is 14.1. The Hall–Kier alpha value is -0.810. The first-order valence-electron chi connectivity index (χ1n) is 5.75. The number of hydrogen-bond acceptors (Lipinski definition) is 2. The summed E-state index contributed by atoms with van der Waals surface area (Å²) >= 11 is 2.18. The molecule has 2 nitrogen and oxygen atoms in total. The van der Waals surface area contributed by atoms with E-state index in [1.807, 2.05) is 18.2 Å². The fourth-order valence-electron chi connectivity index (χ4n) is 1.76. The average molecular weight is 341 g/mol. The van der Waals surface area contributed by atoms with Crippen molar-refractivity contribution in [2.24, 2.45) is 0 Å². The van der Waals surface area contributed by atoms with Crippen molar-refractivity contribution in [3.8, 4) is 0 Å². The molecule has 2 aromatic rings. The Morgan fingerprint density at radius 3 is 2.59 bits per heavy atom. The van der Waals surface area contributed by atoms with Crippen molar-refractivity contribution in [1.82, 2.24) is 5.32 Å². The minimum Gasteiger partial charge on any atom is -0.454 e. The van der Waals surface area contributed by atoms with Crippen LogP contribution >= 0.6 is 22.6 Å². The maximum absolute atomic E-state index is 5.51. The van der Waals surface area contributed by atoms with Crippen molar-refractivity contribution in [2.45, 2.75) is 25.9 Å². The normalized spacial score (nSPS) is 12.6. The van der Waals surface area contributed by atoms with E-state index in [-0.39, 0.29) is 0 Å². The number of hydrogen-bond donors (Lipinski definition) is 1. The van der Waals surface area contributed by atoms with Crippen molar-refractivity contribution in [3.05, 3.63) is 57.6 Å². The summed E-state index contributed by atoms with van der Waals surface area (Å²) in [5.74, 6) is 0.995. The van der Waals surface area contributed by atoms with Crippen LogP contribution in [0.4, 0.5) is 0 Å². The molecule has 0 saturated heterocycles. The van der Waals surface area contributed by atoms with Gasteiger partial charge in [-0.15, -0.1) is 0 Å². The summed E-state index contributed by atoms with van der Waals surface area (Å²) in [4.78, 5) is 0. The van der Waals surface area contributed by atoms with E-state index < -0.39 is 0 Å². The monoisotopic (exact) mass is 341 g/mol. The molecule has 1 N–H and O–H groups in total. The van der Waals surface area contributed by atoms with Crippen LogP contribution in [0.15, 0.2) is 46.9 Å². The van der Waals surface area contributed by atoms with Crippen molar-refractivity contribution in [3.63, 3.8) is 0 Å². The summed E-state index contributed by atoms with van der Waals surface area (Å²) in [6.07, 6.45) is 1.04. The van der Waals surface area contributed by atoms with Gasteiger partial charge in [-0.3, -0.25) is 0 Å². The Morgan fingerprint density at radius 1 is 1.18 bits per heavy atom. The molecule has 0 aliphatic heterocycles. The van der Waals surface area contributed by atoms with E-state index >= 15 is 0 Å². The third-order valence-corrected chi connectivity index (χ3v) is 3.22. The van der Waals surface area contributed by atoms with Crippen molar-refractivity contribution in [2.75, 3.05) is 0 Å². The van der Waals surface area contributed by atoms with E-state index in [0.29, 0.717) is 6.04 Å². The van der Waals surface area contributed by atoms with Crippen molar-refractivity contribution >= 4 is 22.6 Å². The number of nitrogens with one attached hydrogen (secondary N) is 1. The summed E-state index contributed by atoms with van der Waals surface area (Å²) < 4.78 is 6.45. The molecule has 0 saturated carbocycles. The van der Waals surface area contributed by atoms with E-state index in [1.165, 1.54) is 5.56 Å². The zero-order valence-corrected chi connectivity index (χ0v) is 12.0. The van der Waals surface area contributed by atoms with Crippen LogP contribution in [0.2, 0.25) is 0 Å². The van der Waals surface area contributed by atoms with Crippen LogP contribution < -0.4 is 5.32 Å². The summed E-state index contributed by atoms with van der Waals surface area (Å²) in [5.41, 5.74) is 1.36. The molecule has 0 amide bonds. The van der Waals surface area contributed by atoms with Crippen LogP contribution in [-0.2, 0) is 13.0 Å². The van der Waals surface area contributed by atoms with Crippen LogP contribution in [0.1, 0.15) is 18.2 Å². The van der Waals surface area contributed by atoms with Crippen molar-refractivity contribution in [1.29, 1.82) is 0 Å². The summed E-state index contributed by atoms with van der Waals surface area (Å²) in [7, 11) is 0. The molecule has 1 aromatic carbocycles. The van der Waals surface area contributed by atoms with E-state index in [2.05, 4.69) is 59.1 Å². The molecule has 0 bridgehead atoms. The molecule has 1 atom stereocenters. The van der Waals surface area contributed by atoms with Gasteiger partial charge in [0.25, 0.3) is 0 Å². The second-order valence-corrected chi connectivity index (χ2v) is 5.24. The van der Waals surface area contributed by atoms with Crippen LogP contribution in [0, 0.1) is 3.77 Å². The van der Waals surface area contributed by atoms with Crippen LogP contribution in [0.5, 0.6) is 0 Å². The first-order chi connectivity index (χ1) is 8.24. The number of halogens is 1. The maximum Gasteiger partial charge on any atom is 0.164 e. The molecule has 90 valence electrons. The summed E-state index contributed by atoms with van der Waals surface area (Å²) in [5, 5.41) is 3.46. The zero-order chi connectivity index (χ0) is 12.1. The van der Waals surface area contributed by atoms with Gasteiger partial charge in [0.2, 0.25) is 0 Å². The Morgan fingerprint density at radius 2 is 1.94 bits per heavy atom. The number of rotatable bonds is 5. The van der Waals surface area contributed by atoms with Crippen LogP contribution in [-0.4, -0.2) is 6.04 Å². The Labute approximate surface area is 116 Å². The average Bonchev–Trinajstić information content (AvgIpc) is 2.74. The van der Waals surface area contributed by atoms with Gasteiger partial charge < -0.3 is 9.73 Å². The molecule has 0 spiro atoms. The molecule has 2 rings (SSSR count). The maximum atomic E-state index is 5.51. The predicted octanol–water partition coefficient (Wildman–Crippen LogP) is 3.61. The lowest BCUT2D eigenvalue weighted by molar-refractivity contribution is 0.440. The third kappa shape index (κ3) is 4.16. The van der Waals surface area contributed by atoms with E-state index in [0.717, 1.165) is 22.5 Å². The molecular formula is C14H16INO. The van der Waals surface area contributed by atoms with Gasteiger partial charge in [0.05, 0.1) is 6.54 Å². The molecular weight excluding hydrogens is 325 g/mol. The second kappa shape index (κ2) is 6.21. The first kappa shape index (κ1) is 12.6. The van der Waals surface area contributed by atoms with Gasteiger partial charge in [0, 0.05) is 6.04 Å². The SMILES string of the molecule is CC(Cc1ccccc1)NCc1ccc(I)o1. The Balaban J connectivity index is 1.80. The van der Waals surface area contributed by atoms with Gasteiger partial charge >= 0.3 is 0 Å². The minimum atomic E-state index is 0.445. The van der Waals surface area contributed by atoms with Gasteiger partial charge in [-0.25, -0.2) is 0 Å². The molecule has 0 aliphatic carbocycles. The molecule has 3 heteroatoms. The fourth-order valence-corrected chi connectivity index (χ4v) is 2.22. The van der Waals surface area contributed by atoms with Gasteiger partial charge in [0.15, 0.2) is 3.77 Å². The third-order valence-electron chi connectivity index (χ3n) is 2.64. The molecule has 0 aliphatic rings. The summed E-state index contributed by atoms with van der Waals surface area (Å²) in [6.45, 7) is 2.98. The zero-order valence-electron chi connectivity index (χ0n) is 9.82. The number of furan rings is 1. The smallest absolute Gasteiger partial charge is 0.164 e. The quantitative estimate of drug-likeness (QED) is 0.841. The lowest BCUT2D eigenvalue weighted by Gasteiger charge is -2.12. The van der Waals surface area contributed by atoms with Gasteiger partial charge in [0.1, 0.15) is 5.76 Å². The molecule has 1 heterocycles. The van der Waals surface area contributed by atoms with E-state index in [4.69, 9.17) is 4.42 Å². The standard InChI is InChI=1S/C14H16INO/c1-11(9-12-5-3-2-4-6-12)16-10-13-7-8-14(15)17-13/h2-8,11,16H,9-10H2,1H3. The summed E-state index contributed by atoms with van der Waals surface area (Å²) in [6, 6.07) is 15.0. The largest absolute Gasteiger partial charge is 0.454 e. The minimum absolute atomic E-state index is 0.445. The second-order valence-electron chi connectivity index (χ2n) is 4.18. The lowest BCUT2D eigenvalue weighted by atomic mass is 10.1. The number of benzene rings is 1. The molecule has 0 fully saturated rings. The fraction of sp³-hybridized carbons (Fsp3) is 0.286. The molecule has 0 radical (unpaired) electrons.